The minimum Gasteiger partial charge on any atom is -0.460 e. The topological polar surface area (TPSA) is 142 Å². The lowest BCUT2D eigenvalue weighted by Crippen LogP contribution is -2.35. The highest BCUT2D eigenvalue weighted by molar-refractivity contribution is 9.10. The summed E-state index contributed by atoms with van der Waals surface area (Å²) in [6.07, 6.45) is 7.30. The summed E-state index contributed by atoms with van der Waals surface area (Å²) in [7, 11) is -3.38. The van der Waals surface area contributed by atoms with Crippen molar-refractivity contribution in [3.8, 4) is 11.4 Å². The number of benzene rings is 2. The first-order chi connectivity index (χ1) is 33.6. The van der Waals surface area contributed by atoms with E-state index in [1.54, 1.807) is 6.92 Å². The van der Waals surface area contributed by atoms with E-state index in [1.165, 1.54) is 56.1 Å². The molecule has 0 spiro atoms. The highest BCUT2D eigenvalue weighted by Crippen LogP contribution is 2.40. The van der Waals surface area contributed by atoms with Gasteiger partial charge in [-0.15, -0.1) is 0 Å². The Morgan fingerprint density at radius 2 is 1.08 bits per heavy atom. The Balaban J connectivity index is 0.000000209. The summed E-state index contributed by atoms with van der Waals surface area (Å²) in [4.78, 5) is 40.0. The maximum absolute atomic E-state index is 12.0. The molecule has 1 atom stereocenters. The van der Waals surface area contributed by atoms with E-state index in [0.29, 0.717) is 24.9 Å². The van der Waals surface area contributed by atoms with Crippen LogP contribution in [0.15, 0.2) is 33.2 Å². The molecular formula is C54H69Br2N9O5S. The Labute approximate surface area is 437 Å². The Hall–Kier alpha value is -4.89. The minimum atomic E-state index is -3.38. The summed E-state index contributed by atoms with van der Waals surface area (Å²) >= 11 is 7.25. The molecular weight excluding hydrogens is 1050 g/mol. The molecule has 2 fully saturated rings. The lowest BCUT2D eigenvalue weighted by atomic mass is 9.90. The summed E-state index contributed by atoms with van der Waals surface area (Å²) in [6.45, 7) is 34.4. The van der Waals surface area contributed by atoms with Crippen LogP contribution in [0.5, 0.6) is 0 Å². The van der Waals surface area contributed by atoms with Gasteiger partial charge in [0.2, 0.25) is 0 Å². The average Bonchev–Trinajstić information content (AvgIpc) is 3.68. The van der Waals surface area contributed by atoms with Gasteiger partial charge in [-0.05, 0) is 184 Å². The number of nitrogens with zero attached hydrogens (tertiary/aromatic N) is 9. The van der Waals surface area contributed by atoms with Crippen LogP contribution in [0.25, 0.3) is 38.3 Å². The number of aromatic nitrogens is 6. The van der Waals surface area contributed by atoms with Crippen LogP contribution in [0.1, 0.15) is 108 Å². The molecule has 0 saturated carbocycles. The number of halogens is 2. The lowest BCUT2D eigenvalue weighted by Gasteiger charge is -2.33. The second-order valence-electron chi connectivity index (χ2n) is 19.6. The Morgan fingerprint density at radius 3 is 1.45 bits per heavy atom. The second kappa shape index (κ2) is 22.5. The van der Waals surface area contributed by atoms with E-state index in [0.717, 1.165) is 125 Å². The molecule has 71 heavy (non-hydrogen) atoms. The first-order valence-electron chi connectivity index (χ1n) is 24.8. The van der Waals surface area contributed by atoms with Crippen LogP contribution in [-0.2, 0) is 23.8 Å². The molecule has 6 aromatic rings. The van der Waals surface area contributed by atoms with Crippen molar-refractivity contribution in [3.63, 3.8) is 0 Å². The molecule has 2 aliphatic rings. The van der Waals surface area contributed by atoms with Crippen molar-refractivity contribution in [2.75, 3.05) is 55.4 Å². The number of ether oxygens (including phenoxy) is 1. The number of carbonyl (C=O) groups is 1. The number of hydrogen-bond donors (Lipinski definition) is 0. The maximum Gasteiger partial charge on any atom is 0.390 e. The Morgan fingerprint density at radius 1 is 0.690 bits per heavy atom. The molecule has 0 aliphatic carbocycles. The van der Waals surface area contributed by atoms with Gasteiger partial charge in [-0.1, -0.05) is 31.9 Å². The Kier molecular flexibility index (Phi) is 17.1. The average molecular weight is 1120 g/mol. The number of piperidine rings is 2. The largest absolute Gasteiger partial charge is 0.460 e. The number of hydrogen-bond acceptors (Lipinski definition) is 11. The predicted molar refractivity (Wildman–Crippen MR) is 292 cm³/mol. The summed E-state index contributed by atoms with van der Waals surface area (Å²) in [5.41, 5.74) is 13.8. The van der Waals surface area contributed by atoms with Gasteiger partial charge in [-0.25, -0.2) is 31.3 Å². The summed E-state index contributed by atoms with van der Waals surface area (Å²) in [5.74, 6) is 4.10. The quantitative estimate of drug-likeness (QED) is 0.0620. The number of aryl methyl sites for hydroxylation is 8. The van der Waals surface area contributed by atoms with Crippen LogP contribution >= 0.6 is 31.9 Å². The van der Waals surface area contributed by atoms with Crippen LogP contribution in [0.2, 0.25) is 0 Å². The third kappa shape index (κ3) is 11.8. The number of rotatable bonds is 13. The van der Waals surface area contributed by atoms with E-state index < -0.39 is 16.2 Å². The monoisotopic (exact) mass is 1110 g/mol. The van der Waals surface area contributed by atoms with Gasteiger partial charge in [-0.3, -0.25) is 13.3 Å². The van der Waals surface area contributed by atoms with Crippen LogP contribution in [-0.4, -0.2) is 95.1 Å². The standard InChI is InChI=1S/C29H36BrN5O2.C25H33BrN4O3S/c1-8-37-29(36)24(31-7)10-9-22-11-13-34(14-12-22)27-25-19(4)20(5)35(28(25)33-21(6)32-27)26-17(2)15-23(30)16-18(26)3;1-15-13-21(26)14-16(2)23(15)30-18(4)17(3)22-24(27-19(5)28-25(22)30)29-10-7-20(8-11-29)9-12-33-34(6,31)32/h15-16,22,24H,8-14H2,1-6H3;13-14,20H,7-12H2,1-6H3. The molecule has 2 aromatic carbocycles. The van der Waals surface area contributed by atoms with E-state index in [1.807, 2.05) is 13.8 Å². The van der Waals surface area contributed by atoms with Crippen molar-refractivity contribution in [2.45, 2.75) is 127 Å². The second-order valence-corrected chi connectivity index (χ2v) is 23.1. The van der Waals surface area contributed by atoms with Gasteiger partial charge in [0.05, 0.1) is 41.6 Å². The highest BCUT2D eigenvalue weighted by Gasteiger charge is 2.31. The van der Waals surface area contributed by atoms with Crippen molar-refractivity contribution < 1.29 is 22.1 Å². The molecule has 0 bridgehead atoms. The molecule has 0 N–H and O–H groups in total. The fourth-order valence-electron chi connectivity index (χ4n) is 10.7. The zero-order chi connectivity index (χ0) is 51.6. The third-order valence-corrected chi connectivity index (χ3v) is 16.0. The number of fused-ring (bicyclic) bond motifs is 2. The van der Waals surface area contributed by atoms with Gasteiger partial charge in [-0.2, -0.15) is 8.42 Å². The van der Waals surface area contributed by atoms with Crippen molar-refractivity contribution in [2.24, 2.45) is 11.8 Å². The normalized spacial score (nSPS) is 15.3. The molecule has 6 heterocycles. The smallest absolute Gasteiger partial charge is 0.390 e. The predicted octanol–water partition coefficient (Wildman–Crippen LogP) is 11.9. The molecule has 380 valence electrons. The Bertz CT molecular complexity index is 3080. The van der Waals surface area contributed by atoms with Crippen molar-refractivity contribution >= 4 is 81.6 Å². The van der Waals surface area contributed by atoms with Gasteiger partial charge in [0.1, 0.15) is 23.3 Å². The van der Waals surface area contributed by atoms with Gasteiger partial charge in [0, 0.05) is 52.9 Å². The van der Waals surface area contributed by atoms with Gasteiger partial charge in [0.15, 0.2) is 11.3 Å². The van der Waals surface area contributed by atoms with Crippen LogP contribution in [0.4, 0.5) is 11.6 Å². The van der Waals surface area contributed by atoms with E-state index in [2.05, 4.69) is 135 Å². The maximum atomic E-state index is 12.0. The molecule has 2 saturated heterocycles. The first kappa shape index (κ1) is 53.9. The van der Waals surface area contributed by atoms with Crippen molar-refractivity contribution in [3.05, 3.63) is 101 Å². The molecule has 14 nitrogen and oxygen atoms in total. The zero-order valence-corrected chi connectivity index (χ0v) is 47.5. The van der Waals surface area contributed by atoms with Crippen LogP contribution < -0.4 is 9.80 Å². The summed E-state index contributed by atoms with van der Waals surface area (Å²) in [5, 5.41) is 2.24. The number of esters is 1. The molecule has 17 heteroatoms. The lowest BCUT2D eigenvalue weighted by molar-refractivity contribution is -0.143. The van der Waals surface area contributed by atoms with Crippen molar-refractivity contribution in [1.82, 2.24) is 29.1 Å². The van der Waals surface area contributed by atoms with E-state index >= 15 is 0 Å². The number of anilines is 2. The molecule has 0 radical (unpaired) electrons. The van der Waals surface area contributed by atoms with Gasteiger partial charge >= 0.3 is 12.0 Å². The van der Waals surface area contributed by atoms with Crippen molar-refractivity contribution in [1.29, 1.82) is 0 Å². The highest BCUT2D eigenvalue weighted by atomic mass is 79.9. The fourth-order valence-corrected chi connectivity index (χ4v) is 12.5. The molecule has 4 aromatic heterocycles. The van der Waals surface area contributed by atoms with Crippen LogP contribution in [0, 0.1) is 87.6 Å². The summed E-state index contributed by atoms with van der Waals surface area (Å²) in [6, 6.07) is 7.93. The minimum absolute atomic E-state index is 0.257. The SMILES string of the molecule is Cc1nc(N2CCC(CCOS(C)(=O)=O)CC2)c2c(C)c(C)n(-c3c(C)cc(Br)cc3C)c2n1.[C-]#[N+]C(CCC1CCN(c2nc(C)nc3c2c(C)c(C)n3-c2c(C)cc(Br)cc2C)CC1)C(=O)OCC. The number of carbonyl (C=O) groups excluding carboxylic acids is 1. The molecule has 2 aliphatic heterocycles. The summed E-state index contributed by atoms with van der Waals surface area (Å²) < 4.78 is 39.2. The van der Waals surface area contributed by atoms with E-state index in [-0.39, 0.29) is 12.6 Å². The van der Waals surface area contributed by atoms with E-state index in [4.69, 9.17) is 35.4 Å². The fraction of sp³-hybridized carbons (Fsp3) is 0.519. The molecule has 8 rings (SSSR count). The van der Waals surface area contributed by atoms with Gasteiger partial charge < -0.3 is 19.4 Å². The van der Waals surface area contributed by atoms with Gasteiger partial charge in [0.25, 0.3) is 10.1 Å². The zero-order valence-electron chi connectivity index (χ0n) is 43.5. The molecule has 0 amide bonds. The molecule has 1 unspecified atom stereocenters. The van der Waals surface area contributed by atoms with Crippen LogP contribution in [0.3, 0.4) is 0 Å². The first-order valence-corrected chi connectivity index (χ1v) is 28.2. The van der Waals surface area contributed by atoms with E-state index in [9.17, 15) is 13.2 Å². The third-order valence-electron chi connectivity index (χ3n) is 14.5.